The highest BCUT2D eigenvalue weighted by Gasteiger charge is 2.37. The van der Waals surface area contributed by atoms with E-state index in [1.54, 1.807) is 6.07 Å². The maximum Gasteiger partial charge on any atom is 0.0453 e. The molecule has 2 N–H and O–H groups in total. The molecule has 3 heteroatoms. The number of benzene rings is 1. The summed E-state index contributed by atoms with van der Waals surface area (Å²) in [4.78, 5) is 0. The molecule has 0 bridgehead atoms. The van der Waals surface area contributed by atoms with Gasteiger partial charge < -0.3 is 5.73 Å². The Kier molecular flexibility index (Phi) is 4.58. The fourth-order valence-corrected chi connectivity index (χ4v) is 3.69. The number of halogens is 2. The molecule has 0 radical (unpaired) electrons. The lowest BCUT2D eigenvalue weighted by Crippen LogP contribution is -2.41. The van der Waals surface area contributed by atoms with Gasteiger partial charge in [-0.1, -0.05) is 49.0 Å². The van der Waals surface area contributed by atoms with Crippen molar-refractivity contribution in [2.24, 2.45) is 11.1 Å². The lowest BCUT2D eigenvalue weighted by molar-refractivity contribution is 0.219. The monoisotopic (exact) mass is 285 g/mol. The van der Waals surface area contributed by atoms with E-state index < -0.39 is 0 Å². The molecular formula is C15H21Cl2N. The summed E-state index contributed by atoms with van der Waals surface area (Å²) in [5.74, 6) is 0. The van der Waals surface area contributed by atoms with Crippen molar-refractivity contribution in [1.82, 2.24) is 0 Å². The molecule has 0 heterocycles. The molecule has 2 rings (SSSR count). The van der Waals surface area contributed by atoms with E-state index in [1.807, 2.05) is 12.1 Å². The fraction of sp³-hybridized carbons (Fsp3) is 0.600. The zero-order valence-corrected chi connectivity index (χ0v) is 12.4. The molecule has 18 heavy (non-hydrogen) atoms. The first-order chi connectivity index (χ1) is 8.57. The van der Waals surface area contributed by atoms with Gasteiger partial charge in [-0.25, -0.2) is 0 Å². The van der Waals surface area contributed by atoms with Gasteiger partial charge >= 0.3 is 0 Å². The summed E-state index contributed by atoms with van der Waals surface area (Å²) in [6.45, 7) is 2.26. The van der Waals surface area contributed by atoms with Crippen LogP contribution >= 0.6 is 23.2 Å². The third-order valence-corrected chi connectivity index (χ3v) is 5.13. The van der Waals surface area contributed by atoms with Crippen LogP contribution in [0.2, 0.25) is 10.0 Å². The largest absolute Gasteiger partial charge is 0.327 e. The zero-order valence-electron chi connectivity index (χ0n) is 10.9. The van der Waals surface area contributed by atoms with E-state index in [0.29, 0.717) is 10.4 Å². The third kappa shape index (κ3) is 2.84. The summed E-state index contributed by atoms with van der Waals surface area (Å²) in [6.07, 6.45) is 7.17. The highest BCUT2D eigenvalue weighted by Crippen LogP contribution is 2.44. The molecule has 0 saturated heterocycles. The van der Waals surface area contributed by atoms with Crippen molar-refractivity contribution >= 4 is 23.2 Å². The van der Waals surface area contributed by atoms with E-state index in [2.05, 4.69) is 6.92 Å². The summed E-state index contributed by atoms with van der Waals surface area (Å²) >= 11 is 12.1. The standard InChI is InChI=1S/C15H21Cl2N/c1-2-15(7-3-4-8-15)14(18)9-11-5-6-12(16)10-13(11)17/h5-6,10,14H,2-4,7-9,18H2,1H3. The van der Waals surface area contributed by atoms with Gasteiger partial charge in [-0.05, 0) is 48.8 Å². The minimum Gasteiger partial charge on any atom is -0.327 e. The van der Waals surface area contributed by atoms with Gasteiger partial charge in [0.05, 0.1) is 0 Å². The summed E-state index contributed by atoms with van der Waals surface area (Å²) in [5.41, 5.74) is 7.91. The second-order valence-corrected chi connectivity index (χ2v) is 6.31. The molecule has 1 aromatic carbocycles. The summed E-state index contributed by atoms with van der Waals surface area (Å²) in [5, 5.41) is 1.42. The Morgan fingerprint density at radius 3 is 2.50 bits per heavy atom. The minimum atomic E-state index is 0.198. The smallest absolute Gasteiger partial charge is 0.0453 e. The molecule has 0 amide bonds. The lowest BCUT2D eigenvalue weighted by Gasteiger charge is -2.34. The Balaban J connectivity index is 2.12. The Labute approximate surface area is 120 Å². The van der Waals surface area contributed by atoms with Crippen LogP contribution in [-0.2, 0) is 6.42 Å². The van der Waals surface area contributed by atoms with Gasteiger partial charge in [-0.3, -0.25) is 0 Å². The van der Waals surface area contributed by atoms with Crippen molar-refractivity contribution in [2.75, 3.05) is 0 Å². The van der Waals surface area contributed by atoms with E-state index in [-0.39, 0.29) is 6.04 Å². The van der Waals surface area contributed by atoms with E-state index >= 15 is 0 Å². The van der Waals surface area contributed by atoms with E-state index in [9.17, 15) is 0 Å². The van der Waals surface area contributed by atoms with Gasteiger partial charge in [0.2, 0.25) is 0 Å². The van der Waals surface area contributed by atoms with Crippen LogP contribution in [0, 0.1) is 5.41 Å². The molecule has 1 unspecified atom stereocenters. The lowest BCUT2D eigenvalue weighted by atomic mass is 9.74. The van der Waals surface area contributed by atoms with Gasteiger partial charge in [-0.15, -0.1) is 0 Å². The average Bonchev–Trinajstić information content (AvgIpc) is 2.82. The van der Waals surface area contributed by atoms with E-state index in [4.69, 9.17) is 28.9 Å². The van der Waals surface area contributed by atoms with Crippen molar-refractivity contribution < 1.29 is 0 Å². The molecule has 0 aliphatic heterocycles. The second-order valence-electron chi connectivity index (χ2n) is 5.47. The van der Waals surface area contributed by atoms with Crippen LogP contribution in [0.5, 0.6) is 0 Å². The maximum atomic E-state index is 6.47. The minimum absolute atomic E-state index is 0.198. The van der Waals surface area contributed by atoms with Crippen LogP contribution in [0.15, 0.2) is 18.2 Å². The summed E-state index contributed by atoms with van der Waals surface area (Å²) < 4.78 is 0. The maximum absolute atomic E-state index is 6.47. The average molecular weight is 286 g/mol. The van der Waals surface area contributed by atoms with Gasteiger partial charge in [0.1, 0.15) is 0 Å². The number of hydrogen-bond acceptors (Lipinski definition) is 1. The predicted octanol–water partition coefficient (Wildman–Crippen LogP) is 4.83. The number of rotatable bonds is 4. The fourth-order valence-electron chi connectivity index (χ4n) is 3.21. The summed E-state index contributed by atoms with van der Waals surface area (Å²) in [6, 6.07) is 5.90. The first kappa shape index (κ1) is 14.2. The Morgan fingerprint density at radius 2 is 1.94 bits per heavy atom. The molecule has 0 aromatic heterocycles. The van der Waals surface area contributed by atoms with Crippen molar-refractivity contribution in [3.05, 3.63) is 33.8 Å². The normalized spacial score (nSPS) is 20.0. The van der Waals surface area contributed by atoms with Crippen LogP contribution < -0.4 is 5.73 Å². The molecular weight excluding hydrogens is 265 g/mol. The number of nitrogens with two attached hydrogens (primary N) is 1. The molecule has 1 aliphatic rings. The van der Waals surface area contributed by atoms with Crippen LogP contribution in [0.3, 0.4) is 0 Å². The SMILES string of the molecule is CCC1(C(N)Cc2ccc(Cl)cc2Cl)CCCC1. The van der Waals surface area contributed by atoms with Crippen molar-refractivity contribution in [3.8, 4) is 0 Å². The van der Waals surface area contributed by atoms with Crippen LogP contribution in [0.1, 0.15) is 44.6 Å². The Bertz CT molecular complexity index is 411. The molecule has 1 atom stereocenters. The molecule has 1 fully saturated rings. The van der Waals surface area contributed by atoms with Gasteiger partial charge in [0.15, 0.2) is 0 Å². The second kappa shape index (κ2) is 5.81. The van der Waals surface area contributed by atoms with Crippen LogP contribution in [0.25, 0.3) is 0 Å². The molecule has 1 aliphatic carbocycles. The van der Waals surface area contributed by atoms with Crippen molar-refractivity contribution in [1.29, 1.82) is 0 Å². The van der Waals surface area contributed by atoms with Gasteiger partial charge in [0, 0.05) is 16.1 Å². The zero-order chi connectivity index (χ0) is 13.2. The summed E-state index contributed by atoms with van der Waals surface area (Å²) in [7, 11) is 0. The Morgan fingerprint density at radius 1 is 1.28 bits per heavy atom. The molecule has 1 aromatic rings. The quantitative estimate of drug-likeness (QED) is 0.842. The molecule has 100 valence electrons. The predicted molar refractivity (Wildman–Crippen MR) is 79.3 cm³/mol. The van der Waals surface area contributed by atoms with Crippen LogP contribution in [0.4, 0.5) is 0 Å². The highest BCUT2D eigenvalue weighted by atomic mass is 35.5. The first-order valence-corrected chi connectivity index (χ1v) is 7.52. The molecule has 1 saturated carbocycles. The van der Waals surface area contributed by atoms with Crippen LogP contribution in [-0.4, -0.2) is 6.04 Å². The van der Waals surface area contributed by atoms with Crippen molar-refractivity contribution in [2.45, 2.75) is 51.5 Å². The first-order valence-electron chi connectivity index (χ1n) is 6.77. The van der Waals surface area contributed by atoms with Crippen molar-refractivity contribution in [3.63, 3.8) is 0 Å². The molecule has 1 nitrogen and oxygen atoms in total. The molecule has 0 spiro atoms. The topological polar surface area (TPSA) is 26.0 Å². The Hall–Kier alpha value is -0.240. The van der Waals surface area contributed by atoms with E-state index in [0.717, 1.165) is 17.0 Å². The van der Waals surface area contributed by atoms with Gasteiger partial charge in [-0.2, -0.15) is 0 Å². The van der Waals surface area contributed by atoms with E-state index in [1.165, 1.54) is 32.1 Å². The highest BCUT2D eigenvalue weighted by molar-refractivity contribution is 6.35. The van der Waals surface area contributed by atoms with Gasteiger partial charge in [0.25, 0.3) is 0 Å². The third-order valence-electron chi connectivity index (χ3n) is 4.54. The number of hydrogen-bond donors (Lipinski definition) is 1.